The van der Waals surface area contributed by atoms with E-state index in [1.165, 1.54) is 23.2 Å². The fourth-order valence-corrected chi connectivity index (χ4v) is 5.76. The predicted octanol–water partition coefficient (Wildman–Crippen LogP) is 2.89. The monoisotopic (exact) mass is 508 g/mol. The van der Waals surface area contributed by atoms with Crippen LogP contribution in [0.3, 0.4) is 0 Å². The van der Waals surface area contributed by atoms with Gasteiger partial charge in [0.1, 0.15) is 16.1 Å². The van der Waals surface area contributed by atoms with Gasteiger partial charge in [0.05, 0.1) is 33.9 Å². The number of carbonyl (C=O) groups is 3. The molecule has 0 spiro atoms. The number of amides is 3. The van der Waals surface area contributed by atoms with Gasteiger partial charge in [0.15, 0.2) is 0 Å². The van der Waals surface area contributed by atoms with E-state index in [4.69, 9.17) is 23.2 Å². The summed E-state index contributed by atoms with van der Waals surface area (Å²) in [5.41, 5.74) is 2.86. The molecular weight excluding hydrogens is 487 g/mol. The summed E-state index contributed by atoms with van der Waals surface area (Å²) in [6, 6.07) is 7.37. The molecule has 1 aliphatic carbocycles. The van der Waals surface area contributed by atoms with Crippen LogP contribution in [0.15, 0.2) is 30.3 Å². The first-order valence-corrected chi connectivity index (χ1v) is 11.8. The first kappa shape index (κ1) is 23.6. The Morgan fingerprint density at radius 1 is 1.30 bits per heavy atom. The Labute approximate surface area is 203 Å². The molecular formula is C22H22Cl2N4O4S. The Bertz CT molecular complexity index is 1240. The molecule has 4 rings (SSSR count). The molecule has 3 amide bonds. The van der Waals surface area contributed by atoms with E-state index in [0.717, 1.165) is 15.8 Å². The number of carbonyl (C=O) groups excluding carboxylic acids is 3. The van der Waals surface area contributed by atoms with E-state index in [1.54, 1.807) is 13.1 Å². The summed E-state index contributed by atoms with van der Waals surface area (Å²) in [5, 5.41) is 15.5. The molecule has 0 aliphatic heterocycles. The van der Waals surface area contributed by atoms with E-state index in [-0.39, 0.29) is 5.91 Å². The zero-order valence-electron chi connectivity index (χ0n) is 17.8. The van der Waals surface area contributed by atoms with Crippen molar-refractivity contribution in [2.45, 2.75) is 31.5 Å². The van der Waals surface area contributed by atoms with Crippen LogP contribution < -0.4 is 10.6 Å². The van der Waals surface area contributed by atoms with Gasteiger partial charge in [-0.15, -0.1) is 11.3 Å². The number of aliphatic hydroxyl groups excluding tert-OH is 1. The van der Waals surface area contributed by atoms with Crippen LogP contribution in [0.1, 0.15) is 34.6 Å². The number of hydrogen-bond acceptors (Lipinski definition) is 5. The lowest BCUT2D eigenvalue weighted by Crippen LogP contribution is -2.52. The summed E-state index contributed by atoms with van der Waals surface area (Å²) < 4.78 is 1.23. The van der Waals surface area contributed by atoms with Crippen LogP contribution in [0.5, 0.6) is 0 Å². The lowest BCUT2D eigenvalue weighted by molar-refractivity contribution is -0.138. The van der Waals surface area contributed by atoms with Crippen molar-refractivity contribution in [1.82, 2.24) is 20.5 Å². The number of halogens is 2. The lowest BCUT2D eigenvalue weighted by atomic mass is 10.0. The first-order valence-electron chi connectivity index (χ1n) is 10.2. The molecule has 1 aromatic carbocycles. The molecule has 0 radical (unpaired) electrons. The number of aliphatic hydroxyl groups is 1. The third-order valence-electron chi connectivity index (χ3n) is 5.75. The molecule has 11 heteroatoms. The maximum atomic E-state index is 13.1. The number of thiophene rings is 1. The number of H-pyrrole nitrogens is 1. The fourth-order valence-electron chi connectivity index (χ4n) is 4.28. The molecule has 8 nitrogen and oxygen atoms in total. The van der Waals surface area contributed by atoms with Crippen molar-refractivity contribution in [2.75, 3.05) is 13.7 Å². The standard InChI is InChI=1S/C22H22Cl2N4O4S/c1-10(30)25-15(9-29)22(32)28(2)19-12-6-4-3-5-11(12)7-13(19)27-21(31)14-8-16-18(26-14)17(23)20(24)33-16/h3-6,8,13,15,19,26,29H,7,9H2,1-2H3,(H,25,30)(H,27,31)/t13-,15+,19+/m1/s1. The molecule has 0 bridgehead atoms. The third-order valence-corrected chi connectivity index (χ3v) is 7.68. The normalized spacial score (nSPS) is 18.1. The Kier molecular flexibility index (Phi) is 6.67. The van der Waals surface area contributed by atoms with Crippen molar-refractivity contribution in [3.05, 3.63) is 56.5 Å². The molecule has 2 heterocycles. The summed E-state index contributed by atoms with van der Waals surface area (Å²) in [6.07, 6.45) is 0.524. The highest BCUT2D eigenvalue weighted by molar-refractivity contribution is 7.23. The highest BCUT2D eigenvalue weighted by atomic mass is 35.5. The molecule has 0 saturated heterocycles. The quantitative estimate of drug-likeness (QED) is 0.409. The molecule has 0 saturated carbocycles. The van der Waals surface area contributed by atoms with Crippen molar-refractivity contribution < 1.29 is 19.5 Å². The van der Waals surface area contributed by atoms with Crippen molar-refractivity contribution >= 4 is 62.5 Å². The smallest absolute Gasteiger partial charge is 0.268 e. The van der Waals surface area contributed by atoms with Gasteiger partial charge in [-0.1, -0.05) is 47.5 Å². The Balaban J connectivity index is 1.60. The first-order chi connectivity index (χ1) is 15.7. The van der Waals surface area contributed by atoms with Gasteiger partial charge >= 0.3 is 0 Å². The zero-order chi connectivity index (χ0) is 23.9. The summed E-state index contributed by atoms with van der Waals surface area (Å²) in [6.45, 7) is 0.751. The summed E-state index contributed by atoms with van der Waals surface area (Å²) >= 11 is 13.5. The number of aromatic amines is 1. The SMILES string of the molecule is CC(=O)N[C@@H](CO)C(=O)N(C)[C@H]1c2ccccc2C[C@H]1NC(=O)c1cc2sc(Cl)c(Cl)c2[nH]1. The Morgan fingerprint density at radius 3 is 2.70 bits per heavy atom. The molecule has 3 atom stereocenters. The summed E-state index contributed by atoms with van der Waals surface area (Å²) in [5.74, 6) is -1.21. The third kappa shape index (κ3) is 4.46. The van der Waals surface area contributed by atoms with Gasteiger partial charge < -0.3 is 25.6 Å². The maximum Gasteiger partial charge on any atom is 0.268 e. The van der Waals surface area contributed by atoms with E-state index in [0.29, 0.717) is 27.0 Å². The second-order valence-electron chi connectivity index (χ2n) is 7.92. The second kappa shape index (κ2) is 9.34. The number of likely N-dealkylation sites (N-methyl/N-ethyl adjacent to an activating group) is 1. The minimum Gasteiger partial charge on any atom is -0.394 e. The highest BCUT2D eigenvalue weighted by Gasteiger charge is 2.39. The number of fused-ring (bicyclic) bond motifs is 2. The summed E-state index contributed by atoms with van der Waals surface area (Å²) in [4.78, 5) is 42.1. The molecule has 4 N–H and O–H groups in total. The Morgan fingerprint density at radius 2 is 2.03 bits per heavy atom. The molecule has 174 valence electrons. The van der Waals surface area contributed by atoms with Gasteiger partial charge in [-0.3, -0.25) is 14.4 Å². The van der Waals surface area contributed by atoms with Crippen LogP contribution in [-0.2, 0) is 16.0 Å². The minimum atomic E-state index is -1.07. The van der Waals surface area contributed by atoms with Gasteiger partial charge in [-0.25, -0.2) is 0 Å². The van der Waals surface area contributed by atoms with Crippen LogP contribution in [0.4, 0.5) is 0 Å². The van der Waals surface area contributed by atoms with E-state index in [1.807, 2.05) is 24.3 Å². The van der Waals surface area contributed by atoms with Gasteiger partial charge in [0.25, 0.3) is 5.91 Å². The fraction of sp³-hybridized carbons (Fsp3) is 0.318. The van der Waals surface area contributed by atoms with Gasteiger partial charge in [-0.05, 0) is 23.6 Å². The molecule has 33 heavy (non-hydrogen) atoms. The van der Waals surface area contributed by atoms with Crippen molar-refractivity contribution in [2.24, 2.45) is 0 Å². The molecule has 0 unspecified atom stereocenters. The number of aromatic nitrogens is 1. The van der Waals surface area contributed by atoms with E-state index in [2.05, 4.69) is 15.6 Å². The van der Waals surface area contributed by atoms with Crippen LogP contribution in [-0.4, -0.2) is 58.5 Å². The topological polar surface area (TPSA) is 115 Å². The molecule has 2 aromatic heterocycles. The van der Waals surface area contributed by atoms with Crippen molar-refractivity contribution in [3.8, 4) is 0 Å². The second-order valence-corrected chi connectivity index (χ2v) is 9.96. The van der Waals surface area contributed by atoms with Crippen molar-refractivity contribution in [3.63, 3.8) is 0 Å². The van der Waals surface area contributed by atoms with Crippen LogP contribution in [0.2, 0.25) is 9.36 Å². The van der Waals surface area contributed by atoms with Crippen LogP contribution >= 0.6 is 34.5 Å². The number of hydrogen-bond donors (Lipinski definition) is 4. The number of rotatable bonds is 6. The van der Waals surface area contributed by atoms with E-state index >= 15 is 0 Å². The number of nitrogens with zero attached hydrogens (tertiary/aromatic N) is 1. The predicted molar refractivity (Wildman–Crippen MR) is 128 cm³/mol. The maximum absolute atomic E-state index is 13.1. The average molecular weight is 509 g/mol. The number of benzene rings is 1. The largest absolute Gasteiger partial charge is 0.394 e. The number of nitrogens with one attached hydrogen (secondary N) is 3. The van der Waals surface area contributed by atoms with Gasteiger partial charge in [0, 0.05) is 14.0 Å². The van der Waals surface area contributed by atoms with Crippen molar-refractivity contribution in [1.29, 1.82) is 0 Å². The Hall–Kier alpha value is -2.59. The molecule has 1 aliphatic rings. The van der Waals surface area contributed by atoms with E-state index < -0.39 is 36.5 Å². The van der Waals surface area contributed by atoms with E-state index in [9.17, 15) is 19.5 Å². The molecule has 3 aromatic rings. The van der Waals surface area contributed by atoms with Gasteiger partial charge in [0.2, 0.25) is 11.8 Å². The minimum absolute atomic E-state index is 0.338. The lowest BCUT2D eigenvalue weighted by Gasteiger charge is -2.33. The van der Waals surface area contributed by atoms with Crippen LogP contribution in [0, 0.1) is 0 Å². The van der Waals surface area contributed by atoms with Gasteiger partial charge in [-0.2, -0.15) is 0 Å². The molecule has 0 fully saturated rings. The highest BCUT2D eigenvalue weighted by Crippen LogP contribution is 2.39. The summed E-state index contributed by atoms with van der Waals surface area (Å²) in [7, 11) is 1.60. The zero-order valence-corrected chi connectivity index (χ0v) is 20.1. The average Bonchev–Trinajstić information content (AvgIpc) is 3.43. The van der Waals surface area contributed by atoms with Crippen LogP contribution in [0.25, 0.3) is 10.2 Å².